The summed E-state index contributed by atoms with van der Waals surface area (Å²) < 4.78 is 0. The number of hydrogen-bond acceptors (Lipinski definition) is 4. The molecule has 3 heterocycles. The van der Waals surface area contributed by atoms with E-state index in [-0.39, 0.29) is 18.0 Å². The second-order valence-electron chi connectivity index (χ2n) is 6.04. The summed E-state index contributed by atoms with van der Waals surface area (Å²) in [6.07, 6.45) is 8.92. The van der Waals surface area contributed by atoms with Crippen LogP contribution >= 0.6 is 0 Å². The number of nitrogens with zero attached hydrogens (tertiary/aromatic N) is 2. The molecule has 1 amide bonds. The number of hydrogen-bond donors (Lipinski definition) is 2. The van der Waals surface area contributed by atoms with Crippen molar-refractivity contribution < 1.29 is 4.79 Å². The third kappa shape index (κ3) is 3.09. The molecule has 21 heavy (non-hydrogen) atoms. The summed E-state index contributed by atoms with van der Waals surface area (Å²) in [6.45, 7) is 3.03. The van der Waals surface area contributed by atoms with Crippen LogP contribution < -0.4 is 10.9 Å². The molecule has 0 saturated carbocycles. The van der Waals surface area contributed by atoms with Gasteiger partial charge in [-0.2, -0.15) is 0 Å². The van der Waals surface area contributed by atoms with Crippen LogP contribution in [0, 0.1) is 0 Å². The van der Waals surface area contributed by atoms with Gasteiger partial charge >= 0.3 is 0 Å². The van der Waals surface area contributed by atoms with E-state index in [1.165, 1.54) is 0 Å². The highest BCUT2D eigenvalue weighted by Gasteiger charge is 2.37. The van der Waals surface area contributed by atoms with Crippen molar-refractivity contribution >= 4 is 5.91 Å². The first kappa shape index (κ1) is 14.5. The van der Waals surface area contributed by atoms with Gasteiger partial charge in [-0.3, -0.25) is 15.2 Å². The fourth-order valence-electron chi connectivity index (χ4n) is 3.47. The Morgan fingerprint density at radius 1 is 1.48 bits per heavy atom. The first-order valence-electron chi connectivity index (χ1n) is 8.01. The van der Waals surface area contributed by atoms with Crippen molar-refractivity contribution in [1.29, 1.82) is 0 Å². The molecule has 2 fully saturated rings. The minimum Gasteiger partial charge on any atom is -0.334 e. The van der Waals surface area contributed by atoms with Crippen molar-refractivity contribution in [1.82, 2.24) is 20.7 Å². The zero-order valence-electron chi connectivity index (χ0n) is 12.6. The number of likely N-dealkylation sites (tertiary alicyclic amines) is 1. The summed E-state index contributed by atoms with van der Waals surface area (Å²) in [7, 11) is 0. The Balaban J connectivity index is 1.67. The summed E-state index contributed by atoms with van der Waals surface area (Å²) in [5.74, 6) is 0.229. The number of nitrogens with one attached hydrogen (secondary N) is 2. The lowest BCUT2D eigenvalue weighted by molar-refractivity contribution is -0.134. The Labute approximate surface area is 126 Å². The van der Waals surface area contributed by atoms with Crippen LogP contribution in [0.25, 0.3) is 0 Å². The van der Waals surface area contributed by atoms with Gasteiger partial charge in [0.25, 0.3) is 0 Å². The molecule has 1 aromatic rings. The molecular weight excluding hydrogens is 264 g/mol. The average Bonchev–Trinajstić information content (AvgIpc) is 3.17. The van der Waals surface area contributed by atoms with E-state index in [2.05, 4.69) is 28.8 Å². The van der Waals surface area contributed by atoms with Crippen LogP contribution in [0.15, 0.2) is 24.5 Å². The van der Waals surface area contributed by atoms with Gasteiger partial charge in [0.2, 0.25) is 5.91 Å². The van der Waals surface area contributed by atoms with Gasteiger partial charge in [-0.15, -0.1) is 0 Å². The fourth-order valence-corrected chi connectivity index (χ4v) is 3.47. The lowest BCUT2D eigenvalue weighted by Crippen LogP contribution is -2.45. The second-order valence-corrected chi connectivity index (χ2v) is 6.04. The largest absolute Gasteiger partial charge is 0.334 e. The Bertz CT molecular complexity index is 478. The van der Waals surface area contributed by atoms with E-state index in [1.54, 1.807) is 6.20 Å². The van der Waals surface area contributed by atoms with Crippen LogP contribution in [-0.2, 0) is 4.79 Å². The molecule has 2 aliphatic heterocycles. The predicted octanol–water partition coefficient (Wildman–Crippen LogP) is 1.78. The summed E-state index contributed by atoms with van der Waals surface area (Å²) in [5, 5.41) is 0. The van der Waals surface area contributed by atoms with Crippen molar-refractivity contribution in [2.75, 3.05) is 6.54 Å². The highest BCUT2D eigenvalue weighted by Crippen LogP contribution is 2.32. The number of aromatic nitrogens is 1. The smallest absolute Gasteiger partial charge is 0.241 e. The molecule has 3 atom stereocenters. The Morgan fingerprint density at radius 3 is 3.14 bits per heavy atom. The van der Waals surface area contributed by atoms with Crippen LogP contribution in [0.3, 0.4) is 0 Å². The zero-order chi connectivity index (χ0) is 14.7. The van der Waals surface area contributed by atoms with E-state index in [0.717, 1.165) is 44.2 Å². The molecule has 0 radical (unpaired) electrons. The molecule has 0 bridgehead atoms. The Morgan fingerprint density at radius 2 is 2.38 bits per heavy atom. The number of amides is 1. The van der Waals surface area contributed by atoms with Gasteiger partial charge < -0.3 is 4.90 Å². The fraction of sp³-hybridized carbons (Fsp3) is 0.625. The second kappa shape index (κ2) is 6.54. The maximum atomic E-state index is 12.8. The number of pyridine rings is 1. The molecule has 1 aromatic heterocycles. The minimum atomic E-state index is -0.0844. The summed E-state index contributed by atoms with van der Waals surface area (Å²) in [6, 6.07) is 4.55. The summed E-state index contributed by atoms with van der Waals surface area (Å²) in [4.78, 5) is 19.0. The van der Waals surface area contributed by atoms with E-state index in [4.69, 9.17) is 0 Å². The molecule has 2 saturated heterocycles. The third-order valence-corrected chi connectivity index (χ3v) is 4.52. The molecule has 5 nitrogen and oxygen atoms in total. The number of carbonyl (C=O) groups is 1. The lowest BCUT2D eigenvalue weighted by Gasteiger charge is -2.27. The quantitative estimate of drug-likeness (QED) is 0.887. The maximum absolute atomic E-state index is 12.8. The molecule has 3 unspecified atom stereocenters. The minimum absolute atomic E-state index is 0.0844. The Kier molecular flexibility index (Phi) is 4.51. The van der Waals surface area contributed by atoms with Gasteiger partial charge in [-0.25, -0.2) is 5.43 Å². The maximum Gasteiger partial charge on any atom is 0.241 e. The molecule has 5 heteroatoms. The van der Waals surface area contributed by atoms with Crippen LogP contribution in [0.5, 0.6) is 0 Å². The van der Waals surface area contributed by atoms with Gasteiger partial charge in [-0.1, -0.05) is 19.4 Å². The molecule has 3 rings (SSSR count). The van der Waals surface area contributed by atoms with E-state index >= 15 is 0 Å². The van der Waals surface area contributed by atoms with Crippen molar-refractivity contribution in [3.8, 4) is 0 Å². The highest BCUT2D eigenvalue weighted by atomic mass is 16.2. The van der Waals surface area contributed by atoms with Crippen LogP contribution in [0.2, 0.25) is 0 Å². The monoisotopic (exact) mass is 288 g/mol. The summed E-state index contributed by atoms with van der Waals surface area (Å²) in [5.41, 5.74) is 7.59. The molecule has 2 N–H and O–H groups in total. The highest BCUT2D eigenvalue weighted by molar-refractivity contribution is 5.83. The average molecular weight is 288 g/mol. The van der Waals surface area contributed by atoms with E-state index < -0.39 is 0 Å². The van der Waals surface area contributed by atoms with Gasteiger partial charge in [0, 0.05) is 25.0 Å². The van der Waals surface area contributed by atoms with E-state index in [9.17, 15) is 4.79 Å². The van der Waals surface area contributed by atoms with Crippen molar-refractivity contribution in [3.05, 3.63) is 30.1 Å². The number of carbonyl (C=O) groups excluding carboxylic acids is 1. The molecule has 0 spiro atoms. The molecule has 0 aliphatic carbocycles. The van der Waals surface area contributed by atoms with Crippen molar-refractivity contribution in [3.63, 3.8) is 0 Å². The number of rotatable bonds is 4. The van der Waals surface area contributed by atoms with Gasteiger partial charge in [0.1, 0.15) is 6.04 Å². The summed E-state index contributed by atoms with van der Waals surface area (Å²) >= 11 is 0. The predicted molar refractivity (Wildman–Crippen MR) is 81.3 cm³/mol. The molecular formula is C16H24N4O. The normalized spacial score (nSPS) is 29.0. The van der Waals surface area contributed by atoms with Gasteiger partial charge in [0.15, 0.2) is 0 Å². The van der Waals surface area contributed by atoms with Gasteiger partial charge in [0.05, 0.1) is 6.04 Å². The van der Waals surface area contributed by atoms with Crippen LogP contribution in [-0.4, -0.2) is 34.4 Å². The van der Waals surface area contributed by atoms with Crippen molar-refractivity contribution in [2.45, 2.75) is 57.2 Å². The first-order chi connectivity index (χ1) is 10.3. The molecule has 114 valence electrons. The first-order valence-corrected chi connectivity index (χ1v) is 8.01. The van der Waals surface area contributed by atoms with E-state index in [0.29, 0.717) is 6.04 Å². The van der Waals surface area contributed by atoms with E-state index in [1.807, 2.05) is 17.2 Å². The topological polar surface area (TPSA) is 57.3 Å². The molecule has 2 aliphatic rings. The zero-order valence-corrected chi connectivity index (χ0v) is 12.6. The van der Waals surface area contributed by atoms with Crippen LogP contribution in [0.1, 0.15) is 50.6 Å². The Hall–Kier alpha value is -1.46. The van der Waals surface area contributed by atoms with Crippen molar-refractivity contribution in [2.24, 2.45) is 0 Å². The number of hydrazine groups is 1. The lowest BCUT2D eigenvalue weighted by atomic mass is 10.0. The third-order valence-electron chi connectivity index (χ3n) is 4.52. The molecule has 0 aromatic carbocycles. The standard InChI is InChI=1S/C16H24N4O/c1-2-5-13-10-14(19-18-13)16(21)20-9-4-7-15(20)12-6-3-8-17-11-12/h3,6,8,11,13-15,18-19H,2,4-5,7,9-10H2,1H3. The SMILES string of the molecule is CCCC1CC(C(=O)N2CCCC2c2cccnc2)NN1. The van der Waals surface area contributed by atoms with Crippen LogP contribution in [0.4, 0.5) is 0 Å². The van der Waals surface area contributed by atoms with Gasteiger partial charge in [-0.05, 0) is 37.3 Å².